The zero-order valence-electron chi connectivity index (χ0n) is 12.6. The molecule has 0 aliphatic carbocycles. The van der Waals surface area contributed by atoms with E-state index in [4.69, 9.17) is 23.2 Å². The van der Waals surface area contributed by atoms with Gasteiger partial charge in [0.1, 0.15) is 5.69 Å². The van der Waals surface area contributed by atoms with Gasteiger partial charge in [-0.3, -0.25) is 9.59 Å². The molecule has 6 heteroatoms. The van der Waals surface area contributed by atoms with Crippen LogP contribution in [0, 0.1) is 0 Å². The van der Waals surface area contributed by atoms with Crippen molar-refractivity contribution in [3.05, 3.63) is 64.8 Å². The summed E-state index contributed by atoms with van der Waals surface area (Å²) < 4.78 is 0. The van der Waals surface area contributed by atoms with Crippen LogP contribution in [0.15, 0.2) is 48.5 Å². The number of amides is 1. The molecule has 0 atom stereocenters. The lowest BCUT2D eigenvalue weighted by molar-refractivity contribution is -0.115. The van der Waals surface area contributed by atoms with Crippen LogP contribution in [0.5, 0.6) is 0 Å². The topological polar surface area (TPSA) is 62.0 Å². The summed E-state index contributed by atoms with van der Waals surface area (Å²) in [5.41, 5.74) is 1.98. The highest BCUT2D eigenvalue weighted by atomic mass is 35.5. The Morgan fingerprint density at radius 2 is 1.83 bits per heavy atom. The number of aromatic amines is 1. The van der Waals surface area contributed by atoms with Crippen molar-refractivity contribution in [2.24, 2.45) is 0 Å². The largest absolute Gasteiger partial charge is 0.350 e. The van der Waals surface area contributed by atoms with E-state index in [2.05, 4.69) is 10.3 Å². The molecule has 0 aliphatic rings. The van der Waals surface area contributed by atoms with E-state index in [1.165, 1.54) is 0 Å². The number of fused-ring (bicyclic) bond motifs is 1. The first-order valence-corrected chi connectivity index (χ1v) is 8.28. The zero-order valence-corrected chi connectivity index (χ0v) is 14.1. The molecule has 0 saturated carbocycles. The normalized spacial score (nSPS) is 10.8. The van der Waals surface area contributed by atoms with Gasteiger partial charge in [-0.2, -0.15) is 0 Å². The minimum atomic E-state index is -0.247. The number of hydrogen-bond acceptors (Lipinski definition) is 2. The first kappa shape index (κ1) is 16.6. The Morgan fingerprint density at radius 1 is 1.08 bits per heavy atom. The average molecular weight is 361 g/mol. The van der Waals surface area contributed by atoms with Gasteiger partial charge in [0.15, 0.2) is 0 Å². The summed E-state index contributed by atoms with van der Waals surface area (Å²) in [6, 6.07) is 14.1. The number of anilines is 1. The Hall–Kier alpha value is -2.30. The highest BCUT2D eigenvalue weighted by Crippen LogP contribution is 2.31. The third-order valence-corrected chi connectivity index (χ3v) is 4.03. The number of carbonyl (C=O) groups excluding carboxylic acids is 2. The number of benzene rings is 2. The predicted molar refractivity (Wildman–Crippen MR) is 97.1 cm³/mol. The van der Waals surface area contributed by atoms with Crippen molar-refractivity contribution in [1.29, 1.82) is 0 Å². The van der Waals surface area contributed by atoms with Gasteiger partial charge in [0, 0.05) is 33.8 Å². The second-order valence-electron chi connectivity index (χ2n) is 5.25. The fourth-order valence-corrected chi connectivity index (χ4v) is 2.84. The van der Waals surface area contributed by atoms with Crippen molar-refractivity contribution < 1.29 is 9.59 Å². The van der Waals surface area contributed by atoms with E-state index in [0.717, 1.165) is 5.39 Å². The molecule has 2 aromatic carbocycles. The molecular formula is C18H14Cl2N2O2. The Labute approximate surface area is 148 Å². The summed E-state index contributed by atoms with van der Waals surface area (Å²) in [6.45, 7) is 0. The fourth-order valence-electron chi connectivity index (χ4n) is 2.49. The smallest absolute Gasteiger partial charge is 0.225 e. The van der Waals surface area contributed by atoms with E-state index in [0.29, 0.717) is 27.5 Å². The predicted octanol–water partition coefficient (Wildman–Crippen LogP) is 4.62. The maximum Gasteiger partial charge on any atom is 0.225 e. The van der Waals surface area contributed by atoms with Crippen LogP contribution in [-0.2, 0) is 4.79 Å². The number of hydrogen-bond donors (Lipinski definition) is 2. The lowest BCUT2D eigenvalue weighted by atomic mass is 10.1. The molecule has 0 bridgehead atoms. The lowest BCUT2D eigenvalue weighted by Crippen LogP contribution is -2.14. The average Bonchev–Trinajstić information content (AvgIpc) is 2.92. The van der Waals surface area contributed by atoms with Gasteiger partial charge in [0.25, 0.3) is 0 Å². The Kier molecular flexibility index (Phi) is 4.88. The molecule has 1 amide bonds. The second kappa shape index (κ2) is 7.07. The SMILES string of the molecule is O=C(CCCl)Nc1c(C(=O)c2ccccc2)[nH]c2cc(Cl)ccc12. The van der Waals surface area contributed by atoms with E-state index in [1.807, 2.05) is 6.07 Å². The molecule has 0 radical (unpaired) electrons. The number of rotatable bonds is 5. The van der Waals surface area contributed by atoms with Crippen molar-refractivity contribution in [2.75, 3.05) is 11.2 Å². The molecule has 3 rings (SSSR count). The summed E-state index contributed by atoms with van der Waals surface area (Å²) in [5.74, 6) is -0.241. The summed E-state index contributed by atoms with van der Waals surface area (Å²) in [5, 5.41) is 4.05. The zero-order chi connectivity index (χ0) is 17.1. The van der Waals surface area contributed by atoms with E-state index in [-0.39, 0.29) is 24.0 Å². The number of H-pyrrole nitrogens is 1. The maximum absolute atomic E-state index is 12.8. The van der Waals surface area contributed by atoms with E-state index >= 15 is 0 Å². The van der Waals surface area contributed by atoms with Gasteiger partial charge < -0.3 is 10.3 Å². The van der Waals surface area contributed by atoms with Gasteiger partial charge in [0.2, 0.25) is 11.7 Å². The molecule has 0 saturated heterocycles. The Bertz CT molecular complexity index is 904. The molecule has 122 valence electrons. The number of alkyl halides is 1. The van der Waals surface area contributed by atoms with Crippen molar-refractivity contribution in [2.45, 2.75) is 6.42 Å². The van der Waals surface area contributed by atoms with E-state index in [9.17, 15) is 9.59 Å². The molecule has 0 aliphatic heterocycles. The number of ketones is 1. The summed E-state index contributed by atoms with van der Waals surface area (Å²) in [6.07, 6.45) is 0.167. The standard InChI is InChI=1S/C18H14Cl2N2O2/c19-9-8-15(23)22-16-13-7-6-12(20)10-14(13)21-17(16)18(24)11-4-2-1-3-5-11/h1-7,10,21H,8-9H2,(H,22,23). The van der Waals surface area contributed by atoms with Crippen LogP contribution in [-0.4, -0.2) is 22.6 Å². The third kappa shape index (κ3) is 3.30. The molecule has 1 heterocycles. The monoisotopic (exact) mass is 360 g/mol. The van der Waals surface area contributed by atoms with Crippen LogP contribution >= 0.6 is 23.2 Å². The molecule has 24 heavy (non-hydrogen) atoms. The number of carbonyl (C=O) groups is 2. The van der Waals surface area contributed by atoms with Gasteiger partial charge in [-0.05, 0) is 18.2 Å². The third-order valence-electron chi connectivity index (χ3n) is 3.61. The Balaban J connectivity index is 2.11. The molecule has 1 aromatic heterocycles. The van der Waals surface area contributed by atoms with Crippen molar-refractivity contribution >= 4 is 51.5 Å². The molecule has 0 unspecified atom stereocenters. The van der Waals surface area contributed by atoms with Crippen LogP contribution in [0.25, 0.3) is 10.9 Å². The van der Waals surface area contributed by atoms with Crippen LogP contribution in [0.3, 0.4) is 0 Å². The molecular weight excluding hydrogens is 347 g/mol. The molecule has 4 nitrogen and oxygen atoms in total. The van der Waals surface area contributed by atoms with Gasteiger partial charge in [-0.1, -0.05) is 41.9 Å². The van der Waals surface area contributed by atoms with Crippen LogP contribution in [0.2, 0.25) is 5.02 Å². The highest BCUT2D eigenvalue weighted by molar-refractivity contribution is 6.31. The van der Waals surface area contributed by atoms with Crippen LogP contribution < -0.4 is 5.32 Å². The van der Waals surface area contributed by atoms with Gasteiger partial charge in [0.05, 0.1) is 5.69 Å². The summed E-state index contributed by atoms with van der Waals surface area (Å²) in [7, 11) is 0. The molecule has 0 fully saturated rings. The maximum atomic E-state index is 12.8. The van der Waals surface area contributed by atoms with Crippen molar-refractivity contribution in [3.8, 4) is 0 Å². The van der Waals surface area contributed by atoms with Crippen LogP contribution in [0.4, 0.5) is 5.69 Å². The van der Waals surface area contributed by atoms with Gasteiger partial charge in [-0.15, -0.1) is 11.6 Å². The molecule has 3 aromatic rings. The van der Waals surface area contributed by atoms with Crippen LogP contribution in [0.1, 0.15) is 22.5 Å². The highest BCUT2D eigenvalue weighted by Gasteiger charge is 2.20. The Morgan fingerprint density at radius 3 is 2.54 bits per heavy atom. The summed E-state index contributed by atoms with van der Waals surface area (Å²) in [4.78, 5) is 27.9. The fraction of sp³-hybridized carbons (Fsp3) is 0.111. The van der Waals surface area contributed by atoms with Gasteiger partial charge in [-0.25, -0.2) is 0 Å². The van der Waals surface area contributed by atoms with Gasteiger partial charge >= 0.3 is 0 Å². The number of nitrogens with one attached hydrogen (secondary N) is 2. The summed E-state index contributed by atoms with van der Waals surface area (Å²) >= 11 is 11.6. The second-order valence-corrected chi connectivity index (χ2v) is 6.06. The number of aromatic nitrogens is 1. The molecule has 2 N–H and O–H groups in total. The van der Waals surface area contributed by atoms with Crippen molar-refractivity contribution in [1.82, 2.24) is 4.98 Å². The first-order valence-electron chi connectivity index (χ1n) is 7.37. The van der Waals surface area contributed by atoms with E-state index < -0.39 is 0 Å². The minimum Gasteiger partial charge on any atom is -0.350 e. The quantitative estimate of drug-likeness (QED) is 0.515. The minimum absolute atomic E-state index is 0.167. The van der Waals surface area contributed by atoms with E-state index in [1.54, 1.807) is 42.5 Å². The lowest BCUT2D eigenvalue weighted by Gasteiger charge is -2.06. The molecule has 0 spiro atoms. The number of halogens is 2. The first-order chi connectivity index (χ1) is 11.6. The van der Waals surface area contributed by atoms with Crippen molar-refractivity contribution in [3.63, 3.8) is 0 Å².